The number of amides is 2. The molecule has 0 bridgehead atoms. The smallest absolute Gasteiger partial charge is 0.271 e. The standard InChI is InChI=1S/C18H15ClN2O5/c19-15-11-12(21(24)25)7-8-16(15)26-10-4-3-9-20-17(22)13-5-1-2-6-14(13)18(20)23/h1-2,5-8,11H,3-4,9-10H2. The average molecular weight is 375 g/mol. The lowest BCUT2D eigenvalue weighted by atomic mass is 10.1. The van der Waals surface area contributed by atoms with E-state index in [-0.39, 0.29) is 22.5 Å². The molecule has 1 aliphatic rings. The van der Waals surface area contributed by atoms with Crippen LogP contribution in [0.4, 0.5) is 5.69 Å². The van der Waals surface area contributed by atoms with Gasteiger partial charge in [0.1, 0.15) is 5.75 Å². The molecule has 7 nitrogen and oxygen atoms in total. The van der Waals surface area contributed by atoms with E-state index in [2.05, 4.69) is 0 Å². The first-order valence-electron chi connectivity index (χ1n) is 8.01. The van der Waals surface area contributed by atoms with Crippen LogP contribution in [0.25, 0.3) is 0 Å². The summed E-state index contributed by atoms with van der Waals surface area (Å²) in [6.45, 7) is 0.629. The molecule has 0 N–H and O–H groups in total. The zero-order chi connectivity index (χ0) is 18.7. The second-order valence-electron chi connectivity index (χ2n) is 5.73. The van der Waals surface area contributed by atoms with E-state index in [4.69, 9.17) is 16.3 Å². The summed E-state index contributed by atoms with van der Waals surface area (Å²) < 4.78 is 5.51. The number of hydrogen-bond donors (Lipinski definition) is 0. The number of fused-ring (bicyclic) bond motifs is 1. The molecule has 2 aromatic rings. The van der Waals surface area contributed by atoms with Gasteiger partial charge in [-0.25, -0.2) is 0 Å². The Hall–Kier alpha value is -2.93. The van der Waals surface area contributed by atoms with Crippen LogP contribution in [0.1, 0.15) is 33.6 Å². The summed E-state index contributed by atoms with van der Waals surface area (Å²) in [6.07, 6.45) is 1.18. The van der Waals surface area contributed by atoms with Gasteiger partial charge in [0.15, 0.2) is 0 Å². The van der Waals surface area contributed by atoms with Crippen molar-refractivity contribution in [1.29, 1.82) is 0 Å². The van der Waals surface area contributed by atoms with E-state index < -0.39 is 4.92 Å². The number of imide groups is 1. The fourth-order valence-corrected chi connectivity index (χ4v) is 2.95. The van der Waals surface area contributed by atoms with E-state index in [1.54, 1.807) is 24.3 Å². The van der Waals surface area contributed by atoms with Crippen molar-refractivity contribution in [3.8, 4) is 5.75 Å². The van der Waals surface area contributed by atoms with Gasteiger partial charge in [0, 0.05) is 18.7 Å². The maximum absolute atomic E-state index is 12.2. The quantitative estimate of drug-likeness (QED) is 0.319. The second kappa shape index (κ2) is 7.53. The van der Waals surface area contributed by atoms with Gasteiger partial charge in [0.05, 0.1) is 27.7 Å². The first-order chi connectivity index (χ1) is 12.5. The highest BCUT2D eigenvalue weighted by Gasteiger charge is 2.34. The topological polar surface area (TPSA) is 89.8 Å². The maximum atomic E-state index is 12.2. The molecule has 0 atom stereocenters. The molecule has 1 heterocycles. The molecule has 8 heteroatoms. The molecule has 0 spiro atoms. The molecule has 2 aromatic carbocycles. The van der Waals surface area contributed by atoms with Crippen LogP contribution >= 0.6 is 11.6 Å². The van der Waals surface area contributed by atoms with Crippen molar-refractivity contribution in [3.05, 3.63) is 68.7 Å². The normalized spacial score (nSPS) is 13.0. The third-order valence-corrected chi connectivity index (χ3v) is 4.33. The second-order valence-corrected chi connectivity index (χ2v) is 6.14. The molecule has 134 valence electrons. The molecule has 0 aromatic heterocycles. The number of nitro benzene ring substituents is 1. The highest BCUT2D eigenvalue weighted by Crippen LogP contribution is 2.29. The number of benzene rings is 2. The summed E-state index contributed by atoms with van der Waals surface area (Å²) in [5.74, 6) is -0.187. The first-order valence-corrected chi connectivity index (χ1v) is 8.39. The third-order valence-electron chi connectivity index (χ3n) is 4.04. The van der Waals surface area contributed by atoms with Crippen LogP contribution in [0.3, 0.4) is 0 Å². The Bertz CT molecular complexity index is 849. The van der Waals surface area contributed by atoms with E-state index in [9.17, 15) is 19.7 Å². The summed E-state index contributed by atoms with van der Waals surface area (Å²) in [7, 11) is 0. The Balaban J connectivity index is 1.48. The molecule has 0 saturated carbocycles. The SMILES string of the molecule is O=C1c2ccccc2C(=O)N1CCCCOc1ccc([N+](=O)[O-])cc1Cl. The van der Waals surface area contributed by atoms with Crippen molar-refractivity contribution in [2.75, 3.05) is 13.2 Å². The summed E-state index contributed by atoms with van der Waals surface area (Å²) in [5.41, 5.74) is 0.769. The molecule has 0 fully saturated rings. The maximum Gasteiger partial charge on any atom is 0.271 e. The van der Waals surface area contributed by atoms with Crippen LogP contribution < -0.4 is 4.74 Å². The fourth-order valence-electron chi connectivity index (χ4n) is 2.72. The summed E-state index contributed by atoms with van der Waals surface area (Å²) in [4.78, 5) is 35.8. The van der Waals surface area contributed by atoms with E-state index in [1.165, 1.54) is 23.1 Å². The molecule has 0 aliphatic carbocycles. The van der Waals surface area contributed by atoms with Gasteiger partial charge in [-0.05, 0) is 31.0 Å². The van der Waals surface area contributed by atoms with Crippen LogP contribution in [0.2, 0.25) is 5.02 Å². The van der Waals surface area contributed by atoms with Crippen molar-refractivity contribution in [1.82, 2.24) is 4.90 Å². The highest BCUT2D eigenvalue weighted by molar-refractivity contribution is 6.32. The Kier molecular flexibility index (Phi) is 5.18. The van der Waals surface area contributed by atoms with Gasteiger partial charge in [-0.15, -0.1) is 0 Å². The van der Waals surface area contributed by atoms with E-state index in [1.807, 2.05) is 0 Å². The van der Waals surface area contributed by atoms with Gasteiger partial charge in [-0.3, -0.25) is 24.6 Å². The van der Waals surface area contributed by atoms with Gasteiger partial charge in [0.2, 0.25) is 0 Å². The van der Waals surface area contributed by atoms with Gasteiger partial charge in [0.25, 0.3) is 17.5 Å². The van der Waals surface area contributed by atoms with Crippen LogP contribution in [-0.2, 0) is 0 Å². The summed E-state index contributed by atoms with van der Waals surface area (Å²) in [5, 5.41) is 10.8. The molecule has 0 saturated heterocycles. The van der Waals surface area contributed by atoms with Crippen molar-refractivity contribution in [2.45, 2.75) is 12.8 Å². The van der Waals surface area contributed by atoms with Crippen LogP contribution in [0.15, 0.2) is 42.5 Å². The Morgan fingerprint density at radius 2 is 1.69 bits per heavy atom. The van der Waals surface area contributed by atoms with E-state index in [0.29, 0.717) is 42.9 Å². The lowest BCUT2D eigenvalue weighted by Crippen LogP contribution is -2.30. The highest BCUT2D eigenvalue weighted by atomic mass is 35.5. The molecule has 26 heavy (non-hydrogen) atoms. The monoisotopic (exact) mass is 374 g/mol. The van der Waals surface area contributed by atoms with Gasteiger partial charge in [-0.1, -0.05) is 23.7 Å². The Labute approximate surface area is 154 Å². The van der Waals surface area contributed by atoms with E-state index in [0.717, 1.165) is 0 Å². The number of nitrogens with zero attached hydrogens (tertiary/aromatic N) is 2. The average Bonchev–Trinajstić information content (AvgIpc) is 2.87. The van der Waals surface area contributed by atoms with Crippen LogP contribution in [0, 0.1) is 10.1 Å². The number of halogens is 1. The van der Waals surface area contributed by atoms with Gasteiger partial charge < -0.3 is 4.74 Å². The lowest BCUT2D eigenvalue weighted by molar-refractivity contribution is -0.384. The number of carbonyl (C=O) groups is 2. The molecule has 1 aliphatic heterocycles. The van der Waals surface area contributed by atoms with Crippen molar-refractivity contribution in [3.63, 3.8) is 0 Å². The molecule has 3 rings (SSSR count). The number of carbonyl (C=O) groups excluding carboxylic acids is 2. The minimum absolute atomic E-state index is 0.104. The summed E-state index contributed by atoms with van der Waals surface area (Å²) >= 11 is 5.95. The predicted octanol–water partition coefficient (Wildman–Crippen LogP) is 3.70. The molecular formula is C18H15ClN2O5. The van der Waals surface area contributed by atoms with Gasteiger partial charge in [-0.2, -0.15) is 0 Å². The molecule has 2 amide bonds. The van der Waals surface area contributed by atoms with Crippen molar-refractivity contribution in [2.24, 2.45) is 0 Å². The van der Waals surface area contributed by atoms with Crippen LogP contribution in [-0.4, -0.2) is 34.8 Å². The van der Waals surface area contributed by atoms with E-state index >= 15 is 0 Å². The molecule has 0 radical (unpaired) electrons. The number of ether oxygens (including phenoxy) is 1. The molecule has 0 unspecified atom stereocenters. The number of rotatable bonds is 7. The van der Waals surface area contributed by atoms with Crippen LogP contribution in [0.5, 0.6) is 5.75 Å². The first kappa shape index (κ1) is 17.9. The zero-order valence-corrected chi connectivity index (χ0v) is 14.4. The minimum atomic E-state index is -0.530. The van der Waals surface area contributed by atoms with Crippen molar-refractivity contribution >= 4 is 29.1 Å². The Morgan fingerprint density at radius 3 is 2.27 bits per heavy atom. The minimum Gasteiger partial charge on any atom is -0.492 e. The lowest BCUT2D eigenvalue weighted by Gasteiger charge is -2.14. The Morgan fingerprint density at radius 1 is 1.04 bits per heavy atom. The largest absolute Gasteiger partial charge is 0.492 e. The number of unbranched alkanes of at least 4 members (excludes halogenated alkanes) is 1. The fraction of sp³-hybridized carbons (Fsp3) is 0.222. The predicted molar refractivity (Wildman–Crippen MR) is 94.6 cm³/mol. The zero-order valence-electron chi connectivity index (χ0n) is 13.7. The third kappa shape index (κ3) is 3.52. The summed E-state index contributed by atoms with van der Waals surface area (Å²) in [6, 6.07) is 10.8. The number of non-ortho nitro benzene ring substituents is 1. The molecular weight excluding hydrogens is 360 g/mol. The number of nitro groups is 1. The van der Waals surface area contributed by atoms with Crippen molar-refractivity contribution < 1.29 is 19.2 Å². The number of hydrogen-bond acceptors (Lipinski definition) is 5. The van der Waals surface area contributed by atoms with Gasteiger partial charge >= 0.3 is 0 Å².